The Labute approximate surface area is 119 Å². The minimum absolute atomic E-state index is 0.116. The van der Waals surface area contributed by atoms with Gasteiger partial charge in [0, 0.05) is 12.2 Å². The van der Waals surface area contributed by atoms with Crippen molar-refractivity contribution in [2.24, 2.45) is 0 Å². The van der Waals surface area contributed by atoms with Crippen LogP contribution in [0.2, 0.25) is 0 Å². The van der Waals surface area contributed by atoms with E-state index < -0.39 is 0 Å². The van der Waals surface area contributed by atoms with Gasteiger partial charge in [-0.1, -0.05) is 35.9 Å². The Hall–Kier alpha value is -2.29. The van der Waals surface area contributed by atoms with Crippen LogP contribution >= 0.6 is 0 Å². The molecule has 0 atom stereocenters. The van der Waals surface area contributed by atoms with Crippen molar-refractivity contribution in [1.29, 1.82) is 0 Å². The Kier molecular flexibility index (Phi) is 4.41. The molecular formula is C17H20N2O. The summed E-state index contributed by atoms with van der Waals surface area (Å²) >= 11 is 0. The van der Waals surface area contributed by atoms with Gasteiger partial charge in [-0.3, -0.25) is 4.79 Å². The third-order valence-electron chi connectivity index (χ3n) is 3.23. The van der Waals surface area contributed by atoms with E-state index in [1.807, 2.05) is 25.1 Å². The average Bonchev–Trinajstić information content (AvgIpc) is 2.38. The molecule has 3 N–H and O–H groups in total. The van der Waals surface area contributed by atoms with Gasteiger partial charge in [0.1, 0.15) is 0 Å². The lowest BCUT2D eigenvalue weighted by Gasteiger charge is -2.08. The summed E-state index contributed by atoms with van der Waals surface area (Å²) < 4.78 is 0. The van der Waals surface area contributed by atoms with Crippen molar-refractivity contribution in [3.63, 3.8) is 0 Å². The molecule has 0 spiro atoms. The standard InChI is InChI=1S/C17H20N2O/c1-12-4-3-5-14(10-12)8-9-19-17(20)15-7-6-13(2)11-16(15)18/h3-7,10-11H,8-9,18H2,1-2H3,(H,19,20). The van der Waals surface area contributed by atoms with Gasteiger partial charge in [0.15, 0.2) is 0 Å². The minimum atomic E-state index is -0.116. The van der Waals surface area contributed by atoms with Gasteiger partial charge in [0.2, 0.25) is 0 Å². The first-order valence-corrected chi connectivity index (χ1v) is 6.76. The zero-order chi connectivity index (χ0) is 14.5. The zero-order valence-electron chi connectivity index (χ0n) is 11.9. The van der Waals surface area contributed by atoms with Crippen LogP contribution in [0.5, 0.6) is 0 Å². The molecule has 0 saturated carbocycles. The van der Waals surface area contributed by atoms with E-state index in [9.17, 15) is 4.79 Å². The van der Waals surface area contributed by atoms with Crippen molar-refractivity contribution in [2.75, 3.05) is 12.3 Å². The number of nitrogens with two attached hydrogens (primary N) is 1. The average molecular weight is 268 g/mol. The molecule has 0 unspecified atom stereocenters. The number of benzene rings is 2. The number of nitrogen functional groups attached to an aromatic ring is 1. The monoisotopic (exact) mass is 268 g/mol. The number of hydrogen-bond donors (Lipinski definition) is 2. The van der Waals surface area contributed by atoms with Crippen LogP contribution in [0, 0.1) is 13.8 Å². The van der Waals surface area contributed by atoms with Crippen molar-refractivity contribution in [1.82, 2.24) is 5.32 Å². The molecule has 0 radical (unpaired) electrons. The van der Waals surface area contributed by atoms with Crippen LogP contribution < -0.4 is 11.1 Å². The molecule has 3 nitrogen and oxygen atoms in total. The van der Waals surface area contributed by atoms with Crippen LogP contribution in [0.4, 0.5) is 5.69 Å². The molecule has 0 fully saturated rings. The molecule has 0 bridgehead atoms. The maximum Gasteiger partial charge on any atom is 0.253 e. The highest BCUT2D eigenvalue weighted by Crippen LogP contribution is 2.13. The van der Waals surface area contributed by atoms with Crippen LogP contribution in [0.25, 0.3) is 0 Å². The van der Waals surface area contributed by atoms with Crippen molar-refractivity contribution >= 4 is 11.6 Å². The fourth-order valence-corrected chi connectivity index (χ4v) is 2.17. The number of hydrogen-bond acceptors (Lipinski definition) is 2. The second kappa shape index (κ2) is 6.24. The molecule has 3 heteroatoms. The molecule has 2 aromatic rings. The summed E-state index contributed by atoms with van der Waals surface area (Å²) in [5, 5.41) is 2.91. The predicted octanol–water partition coefficient (Wildman–Crippen LogP) is 2.86. The van der Waals surface area contributed by atoms with Crippen molar-refractivity contribution in [2.45, 2.75) is 20.3 Å². The summed E-state index contributed by atoms with van der Waals surface area (Å²) in [4.78, 5) is 12.0. The van der Waals surface area contributed by atoms with Gasteiger partial charge in [-0.2, -0.15) is 0 Å². The van der Waals surface area contributed by atoms with Crippen LogP contribution in [0.15, 0.2) is 42.5 Å². The van der Waals surface area contributed by atoms with E-state index in [2.05, 4.69) is 30.4 Å². The van der Waals surface area contributed by atoms with Crippen LogP contribution in [0.3, 0.4) is 0 Å². The van der Waals surface area contributed by atoms with E-state index >= 15 is 0 Å². The molecule has 0 aromatic heterocycles. The molecule has 104 valence electrons. The van der Waals surface area contributed by atoms with Gasteiger partial charge in [0.25, 0.3) is 5.91 Å². The highest BCUT2D eigenvalue weighted by Gasteiger charge is 2.08. The van der Waals surface area contributed by atoms with Crippen LogP contribution in [0.1, 0.15) is 27.0 Å². The van der Waals surface area contributed by atoms with Crippen LogP contribution in [-0.4, -0.2) is 12.5 Å². The number of amides is 1. The minimum Gasteiger partial charge on any atom is -0.398 e. The Bertz CT molecular complexity index is 620. The lowest BCUT2D eigenvalue weighted by atomic mass is 10.1. The van der Waals surface area contributed by atoms with Crippen LogP contribution in [-0.2, 0) is 6.42 Å². The summed E-state index contributed by atoms with van der Waals surface area (Å²) in [7, 11) is 0. The SMILES string of the molecule is Cc1cccc(CCNC(=O)c2ccc(C)cc2N)c1. The molecule has 0 heterocycles. The van der Waals surface area contributed by atoms with E-state index in [1.54, 1.807) is 6.07 Å². The molecule has 0 aliphatic carbocycles. The number of aryl methyl sites for hydroxylation is 2. The highest BCUT2D eigenvalue weighted by molar-refractivity contribution is 5.99. The number of carbonyl (C=O) groups is 1. The normalized spacial score (nSPS) is 10.3. The van der Waals surface area contributed by atoms with E-state index in [1.165, 1.54) is 11.1 Å². The lowest BCUT2D eigenvalue weighted by molar-refractivity contribution is 0.0955. The summed E-state index contributed by atoms with van der Waals surface area (Å²) in [6, 6.07) is 13.8. The quantitative estimate of drug-likeness (QED) is 0.838. The van der Waals surface area contributed by atoms with Gasteiger partial charge in [-0.15, -0.1) is 0 Å². The smallest absolute Gasteiger partial charge is 0.253 e. The predicted molar refractivity (Wildman–Crippen MR) is 82.8 cm³/mol. The molecule has 0 aliphatic heterocycles. The Morgan fingerprint density at radius 3 is 2.55 bits per heavy atom. The number of nitrogens with one attached hydrogen (secondary N) is 1. The molecule has 2 rings (SSSR count). The first-order chi connectivity index (χ1) is 9.56. The van der Waals surface area contributed by atoms with E-state index in [-0.39, 0.29) is 5.91 Å². The first kappa shape index (κ1) is 14.1. The molecule has 2 aromatic carbocycles. The zero-order valence-corrected chi connectivity index (χ0v) is 11.9. The van der Waals surface area contributed by atoms with Crippen molar-refractivity contribution in [3.8, 4) is 0 Å². The summed E-state index contributed by atoms with van der Waals surface area (Å²) in [6.07, 6.45) is 0.819. The second-order valence-corrected chi connectivity index (χ2v) is 5.09. The topological polar surface area (TPSA) is 55.1 Å². The van der Waals surface area contributed by atoms with Crippen molar-refractivity contribution < 1.29 is 4.79 Å². The maximum absolute atomic E-state index is 12.0. The second-order valence-electron chi connectivity index (χ2n) is 5.09. The Morgan fingerprint density at radius 1 is 1.10 bits per heavy atom. The first-order valence-electron chi connectivity index (χ1n) is 6.76. The molecule has 1 amide bonds. The van der Waals surface area contributed by atoms with Gasteiger partial charge in [0.05, 0.1) is 5.56 Å². The Morgan fingerprint density at radius 2 is 1.85 bits per heavy atom. The van der Waals surface area contributed by atoms with E-state index in [0.717, 1.165) is 12.0 Å². The fourth-order valence-electron chi connectivity index (χ4n) is 2.17. The number of anilines is 1. The number of carbonyl (C=O) groups excluding carboxylic acids is 1. The van der Waals surface area contributed by atoms with E-state index in [0.29, 0.717) is 17.8 Å². The Balaban J connectivity index is 1.92. The third kappa shape index (κ3) is 3.60. The van der Waals surface area contributed by atoms with Gasteiger partial charge in [-0.25, -0.2) is 0 Å². The molecular weight excluding hydrogens is 248 g/mol. The van der Waals surface area contributed by atoms with Crippen molar-refractivity contribution in [3.05, 3.63) is 64.7 Å². The number of rotatable bonds is 4. The maximum atomic E-state index is 12.0. The summed E-state index contributed by atoms with van der Waals surface area (Å²) in [5.41, 5.74) is 10.4. The van der Waals surface area contributed by atoms with Gasteiger partial charge >= 0.3 is 0 Å². The third-order valence-corrected chi connectivity index (χ3v) is 3.23. The van der Waals surface area contributed by atoms with E-state index in [4.69, 9.17) is 5.73 Å². The lowest BCUT2D eigenvalue weighted by Crippen LogP contribution is -2.26. The van der Waals surface area contributed by atoms with Gasteiger partial charge < -0.3 is 11.1 Å². The highest BCUT2D eigenvalue weighted by atomic mass is 16.1. The largest absolute Gasteiger partial charge is 0.398 e. The molecule has 20 heavy (non-hydrogen) atoms. The molecule has 0 aliphatic rings. The fraction of sp³-hybridized carbons (Fsp3) is 0.235. The summed E-state index contributed by atoms with van der Waals surface area (Å²) in [5.74, 6) is -0.116. The molecule has 0 saturated heterocycles. The van der Waals surface area contributed by atoms with Gasteiger partial charge in [-0.05, 0) is 43.5 Å². The summed E-state index contributed by atoms with van der Waals surface area (Å²) in [6.45, 7) is 4.63.